The highest BCUT2D eigenvalue weighted by Crippen LogP contribution is 2.26. The molecule has 3 aromatic carbocycles. The van der Waals surface area contributed by atoms with Crippen LogP contribution >= 0.6 is 0 Å². The zero-order valence-electron chi connectivity index (χ0n) is 16.7. The summed E-state index contributed by atoms with van der Waals surface area (Å²) in [7, 11) is -4.08. The highest BCUT2D eigenvalue weighted by Gasteiger charge is 2.27. The quantitative estimate of drug-likeness (QED) is 0.591. The Labute approximate surface area is 176 Å². The molecule has 0 aliphatic rings. The normalized spacial score (nSPS) is 11.3. The first kappa shape index (κ1) is 21.5. The molecule has 3 aromatic rings. The van der Waals surface area contributed by atoms with Crippen LogP contribution in [0.15, 0.2) is 83.8 Å². The number of anilines is 2. The summed E-state index contributed by atoms with van der Waals surface area (Å²) in [6, 6.07) is 20.3. The molecular formula is C23H23FN2O3S. The molecule has 0 aromatic heterocycles. The SMILES string of the molecule is CC(C)c1ccccc1NC(=O)CN(c1ccccc1)S(=O)(=O)c1ccc(F)cc1. The molecule has 0 heterocycles. The second-order valence-electron chi connectivity index (χ2n) is 7.09. The maximum atomic E-state index is 13.3. The van der Waals surface area contributed by atoms with Crippen LogP contribution in [-0.4, -0.2) is 20.9 Å². The van der Waals surface area contributed by atoms with E-state index in [1.165, 1.54) is 12.1 Å². The molecule has 5 nitrogen and oxygen atoms in total. The number of rotatable bonds is 7. The zero-order valence-corrected chi connectivity index (χ0v) is 17.6. The first-order valence-electron chi connectivity index (χ1n) is 9.51. The number of nitrogens with zero attached hydrogens (tertiary/aromatic N) is 1. The van der Waals surface area contributed by atoms with Gasteiger partial charge in [0.25, 0.3) is 10.0 Å². The molecule has 0 spiro atoms. The summed E-state index contributed by atoms with van der Waals surface area (Å²) >= 11 is 0. The number of hydrogen-bond donors (Lipinski definition) is 1. The second kappa shape index (κ2) is 9.09. The fourth-order valence-electron chi connectivity index (χ4n) is 3.08. The first-order valence-corrected chi connectivity index (χ1v) is 10.9. The molecule has 3 rings (SSSR count). The number of carbonyl (C=O) groups is 1. The number of sulfonamides is 1. The third kappa shape index (κ3) is 4.86. The van der Waals surface area contributed by atoms with Gasteiger partial charge in [0.05, 0.1) is 10.6 Å². The number of benzene rings is 3. The van der Waals surface area contributed by atoms with Crippen LogP contribution in [-0.2, 0) is 14.8 Å². The lowest BCUT2D eigenvalue weighted by molar-refractivity contribution is -0.114. The number of nitrogens with one attached hydrogen (secondary N) is 1. The first-order chi connectivity index (χ1) is 14.3. The molecule has 0 unspecified atom stereocenters. The topological polar surface area (TPSA) is 66.5 Å². The molecule has 1 amide bonds. The predicted molar refractivity (Wildman–Crippen MR) is 117 cm³/mol. The van der Waals surface area contributed by atoms with Gasteiger partial charge in [-0.05, 0) is 53.9 Å². The van der Waals surface area contributed by atoms with Crippen molar-refractivity contribution < 1.29 is 17.6 Å². The van der Waals surface area contributed by atoms with Crippen molar-refractivity contribution in [3.05, 3.63) is 90.2 Å². The number of halogens is 1. The van der Waals surface area contributed by atoms with E-state index >= 15 is 0 Å². The Balaban J connectivity index is 1.93. The minimum Gasteiger partial charge on any atom is -0.324 e. The molecule has 0 atom stereocenters. The van der Waals surface area contributed by atoms with Crippen molar-refractivity contribution in [3.63, 3.8) is 0 Å². The summed E-state index contributed by atoms with van der Waals surface area (Å²) in [5, 5.41) is 2.82. The van der Waals surface area contributed by atoms with Crippen LogP contribution in [0.1, 0.15) is 25.3 Å². The molecule has 7 heteroatoms. The molecule has 0 saturated heterocycles. The molecular weight excluding hydrogens is 403 g/mol. The average molecular weight is 427 g/mol. The number of para-hydroxylation sites is 2. The van der Waals surface area contributed by atoms with Gasteiger partial charge in [0.1, 0.15) is 12.4 Å². The van der Waals surface area contributed by atoms with Crippen molar-refractivity contribution in [2.45, 2.75) is 24.7 Å². The van der Waals surface area contributed by atoms with Crippen molar-refractivity contribution in [3.8, 4) is 0 Å². The van der Waals surface area contributed by atoms with Gasteiger partial charge in [0.2, 0.25) is 5.91 Å². The monoisotopic (exact) mass is 426 g/mol. The minimum atomic E-state index is -4.08. The summed E-state index contributed by atoms with van der Waals surface area (Å²) in [6.07, 6.45) is 0. The lowest BCUT2D eigenvalue weighted by Crippen LogP contribution is -2.38. The zero-order chi connectivity index (χ0) is 21.7. The van der Waals surface area contributed by atoms with E-state index in [2.05, 4.69) is 5.32 Å². The highest BCUT2D eigenvalue weighted by atomic mass is 32.2. The summed E-state index contributed by atoms with van der Waals surface area (Å²) in [6.45, 7) is 3.61. The van der Waals surface area contributed by atoms with E-state index in [1.807, 2.05) is 32.0 Å². The Bertz CT molecular complexity index is 1110. The summed E-state index contributed by atoms with van der Waals surface area (Å²) in [4.78, 5) is 12.7. The minimum absolute atomic E-state index is 0.0943. The standard InChI is InChI=1S/C23H23FN2O3S/c1-17(2)21-10-6-7-11-22(21)25-23(27)16-26(19-8-4-3-5-9-19)30(28,29)20-14-12-18(24)13-15-20/h3-15,17H,16H2,1-2H3,(H,25,27). The third-order valence-electron chi connectivity index (χ3n) is 4.59. The van der Waals surface area contributed by atoms with Gasteiger partial charge >= 0.3 is 0 Å². The Kier molecular flexibility index (Phi) is 6.52. The van der Waals surface area contributed by atoms with E-state index in [9.17, 15) is 17.6 Å². The van der Waals surface area contributed by atoms with Crippen molar-refractivity contribution in [2.24, 2.45) is 0 Å². The molecule has 1 N–H and O–H groups in total. The van der Waals surface area contributed by atoms with Crippen LogP contribution in [0.5, 0.6) is 0 Å². The number of amides is 1. The van der Waals surface area contributed by atoms with Crippen LogP contribution in [0.3, 0.4) is 0 Å². The molecule has 30 heavy (non-hydrogen) atoms. The average Bonchev–Trinajstić information content (AvgIpc) is 2.73. The van der Waals surface area contributed by atoms with Gasteiger partial charge in [-0.15, -0.1) is 0 Å². The smallest absolute Gasteiger partial charge is 0.264 e. The number of carbonyl (C=O) groups excluding carboxylic acids is 1. The Morgan fingerprint density at radius 2 is 1.53 bits per heavy atom. The van der Waals surface area contributed by atoms with E-state index in [4.69, 9.17) is 0 Å². The van der Waals surface area contributed by atoms with Crippen molar-refractivity contribution in [2.75, 3.05) is 16.2 Å². The maximum Gasteiger partial charge on any atom is 0.264 e. The largest absolute Gasteiger partial charge is 0.324 e. The fraction of sp³-hybridized carbons (Fsp3) is 0.174. The third-order valence-corrected chi connectivity index (χ3v) is 6.38. The fourth-order valence-corrected chi connectivity index (χ4v) is 4.50. The van der Waals surface area contributed by atoms with Crippen LogP contribution in [0.25, 0.3) is 0 Å². The molecule has 0 bridgehead atoms. The molecule has 0 saturated carbocycles. The van der Waals surface area contributed by atoms with Crippen molar-refractivity contribution in [1.29, 1.82) is 0 Å². The lowest BCUT2D eigenvalue weighted by Gasteiger charge is -2.24. The van der Waals surface area contributed by atoms with Crippen LogP contribution < -0.4 is 9.62 Å². The second-order valence-corrected chi connectivity index (χ2v) is 8.95. The Morgan fingerprint density at radius 3 is 2.17 bits per heavy atom. The summed E-state index contributed by atoms with van der Waals surface area (Å²) < 4.78 is 40.8. The maximum absolute atomic E-state index is 13.3. The summed E-state index contributed by atoms with van der Waals surface area (Å²) in [5.41, 5.74) is 1.94. The number of hydrogen-bond acceptors (Lipinski definition) is 3. The van der Waals surface area contributed by atoms with Gasteiger partial charge in [-0.1, -0.05) is 50.2 Å². The highest BCUT2D eigenvalue weighted by molar-refractivity contribution is 7.92. The van der Waals surface area contributed by atoms with Crippen LogP contribution in [0.4, 0.5) is 15.8 Å². The Hall–Kier alpha value is -3.19. The van der Waals surface area contributed by atoms with Crippen LogP contribution in [0, 0.1) is 5.82 Å². The van der Waals surface area contributed by atoms with Crippen molar-refractivity contribution >= 4 is 27.3 Å². The molecule has 0 aliphatic heterocycles. The van der Waals surface area contributed by atoms with Crippen molar-refractivity contribution in [1.82, 2.24) is 0 Å². The van der Waals surface area contributed by atoms with Gasteiger partial charge in [-0.2, -0.15) is 0 Å². The van der Waals surface area contributed by atoms with Gasteiger partial charge in [0, 0.05) is 5.69 Å². The van der Waals surface area contributed by atoms with Gasteiger partial charge < -0.3 is 5.32 Å². The Morgan fingerprint density at radius 1 is 0.933 bits per heavy atom. The van der Waals surface area contributed by atoms with Crippen LogP contribution in [0.2, 0.25) is 0 Å². The van der Waals surface area contributed by atoms with Gasteiger partial charge in [0.15, 0.2) is 0 Å². The predicted octanol–water partition coefficient (Wildman–Crippen LogP) is 4.78. The molecule has 0 radical (unpaired) electrons. The summed E-state index contributed by atoms with van der Waals surface area (Å²) in [5.74, 6) is -0.824. The van der Waals surface area contributed by atoms with E-state index in [1.54, 1.807) is 36.4 Å². The molecule has 156 valence electrons. The van der Waals surface area contributed by atoms with Gasteiger partial charge in [-0.25, -0.2) is 12.8 Å². The molecule has 0 aliphatic carbocycles. The van der Waals surface area contributed by atoms with Gasteiger partial charge in [-0.3, -0.25) is 9.10 Å². The van der Waals surface area contributed by atoms with E-state index in [0.29, 0.717) is 11.4 Å². The van der Waals surface area contributed by atoms with E-state index in [-0.39, 0.29) is 10.8 Å². The van der Waals surface area contributed by atoms with E-state index < -0.39 is 28.3 Å². The molecule has 0 fully saturated rings. The van der Waals surface area contributed by atoms with E-state index in [0.717, 1.165) is 22.0 Å². The lowest BCUT2D eigenvalue weighted by atomic mass is 10.0.